The molecule has 4 heteroatoms. The van der Waals surface area contributed by atoms with Gasteiger partial charge in [0.05, 0.1) is 11.4 Å². The van der Waals surface area contributed by atoms with E-state index >= 15 is 0 Å². The molecule has 3 heterocycles. The third-order valence-electron chi connectivity index (χ3n) is 5.60. The third kappa shape index (κ3) is 4.00. The Morgan fingerprint density at radius 3 is 1.25 bits per heavy atom. The summed E-state index contributed by atoms with van der Waals surface area (Å²) < 4.78 is 0. The summed E-state index contributed by atoms with van der Waals surface area (Å²) in [6, 6.07) is 32.5. The van der Waals surface area contributed by atoms with Crippen LogP contribution in [0.1, 0.15) is 46.0 Å². The smallest absolute Gasteiger partial charge is 0.111 e. The first-order valence-corrected chi connectivity index (χ1v) is 10.8. The lowest BCUT2D eigenvalue weighted by atomic mass is 9.91. The van der Waals surface area contributed by atoms with Gasteiger partial charge in [0.2, 0.25) is 0 Å². The van der Waals surface area contributed by atoms with Gasteiger partial charge in [-0.25, -0.2) is 0 Å². The van der Waals surface area contributed by atoms with Crippen LogP contribution in [0.25, 0.3) is 0 Å². The van der Waals surface area contributed by atoms with Crippen LogP contribution in [0.2, 0.25) is 0 Å². The fourth-order valence-electron chi connectivity index (χ4n) is 4.08. The molecule has 1 aliphatic heterocycles. The van der Waals surface area contributed by atoms with E-state index in [1.54, 1.807) is 0 Å². The van der Waals surface area contributed by atoms with Crippen molar-refractivity contribution in [2.24, 2.45) is 9.98 Å². The van der Waals surface area contributed by atoms with Gasteiger partial charge in [-0.15, -0.1) is 0 Å². The van der Waals surface area contributed by atoms with Gasteiger partial charge in [-0.2, -0.15) is 0 Å². The van der Waals surface area contributed by atoms with E-state index in [-0.39, 0.29) is 12.1 Å². The van der Waals surface area contributed by atoms with Crippen LogP contribution in [0, 0.1) is 13.8 Å². The van der Waals surface area contributed by atoms with E-state index in [2.05, 4.69) is 48.5 Å². The van der Waals surface area contributed by atoms with Crippen LogP contribution in [0.5, 0.6) is 0 Å². The molecule has 0 N–H and O–H groups in total. The second kappa shape index (κ2) is 8.67. The molecule has 0 spiro atoms. The minimum atomic E-state index is -0.149. The van der Waals surface area contributed by atoms with E-state index in [1.165, 1.54) is 0 Å². The highest BCUT2D eigenvalue weighted by Crippen LogP contribution is 2.39. The van der Waals surface area contributed by atoms with Gasteiger partial charge in [0.1, 0.15) is 23.5 Å². The summed E-state index contributed by atoms with van der Waals surface area (Å²) >= 11 is 0. The Labute approximate surface area is 188 Å². The van der Waals surface area contributed by atoms with Crippen molar-refractivity contribution in [3.05, 3.63) is 131 Å². The number of aliphatic imine (C=N–C) groups is 2. The Balaban J connectivity index is 1.74. The largest absolute Gasteiger partial charge is 0.270 e. The molecule has 0 saturated carbocycles. The van der Waals surface area contributed by atoms with Crippen LogP contribution in [-0.4, -0.2) is 21.4 Å². The minimum Gasteiger partial charge on any atom is -0.270 e. The quantitative estimate of drug-likeness (QED) is 0.418. The topological polar surface area (TPSA) is 50.5 Å². The van der Waals surface area contributed by atoms with E-state index in [0.29, 0.717) is 0 Å². The highest BCUT2D eigenvalue weighted by atomic mass is 15.0. The molecule has 0 radical (unpaired) electrons. The second-order valence-corrected chi connectivity index (χ2v) is 7.99. The molecule has 0 bridgehead atoms. The molecule has 2 atom stereocenters. The zero-order valence-corrected chi connectivity index (χ0v) is 18.2. The Bertz CT molecular complexity index is 1190. The van der Waals surface area contributed by atoms with Crippen molar-refractivity contribution < 1.29 is 0 Å². The minimum absolute atomic E-state index is 0.149. The van der Waals surface area contributed by atoms with Crippen LogP contribution in [-0.2, 0) is 0 Å². The summed E-state index contributed by atoms with van der Waals surface area (Å²) in [4.78, 5) is 20.1. The molecule has 4 aromatic rings. The first kappa shape index (κ1) is 20.0. The van der Waals surface area contributed by atoms with Crippen molar-refractivity contribution in [3.8, 4) is 0 Å². The fourth-order valence-corrected chi connectivity index (χ4v) is 4.08. The van der Waals surface area contributed by atoms with Crippen LogP contribution in [0.4, 0.5) is 0 Å². The summed E-state index contributed by atoms with van der Waals surface area (Å²) in [5, 5.41) is 0. The maximum atomic E-state index is 5.29. The monoisotopic (exact) mass is 416 g/mol. The number of hydrogen-bond acceptors (Lipinski definition) is 4. The van der Waals surface area contributed by atoms with Crippen molar-refractivity contribution in [2.45, 2.75) is 25.9 Å². The lowest BCUT2D eigenvalue weighted by Crippen LogP contribution is -2.28. The Hall–Kier alpha value is -3.92. The molecule has 2 aromatic carbocycles. The number of aromatic nitrogens is 2. The third-order valence-corrected chi connectivity index (χ3v) is 5.60. The van der Waals surface area contributed by atoms with E-state index in [0.717, 1.165) is 45.3 Å². The normalized spacial score (nSPS) is 18.1. The summed E-state index contributed by atoms with van der Waals surface area (Å²) in [6.07, 6.45) is 0. The van der Waals surface area contributed by atoms with Gasteiger partial charge in [0, 0.05) is 11.4 Å². The maximum absolute atomic E-state index is 5.29. The van der Waals surface area contributed by atoms with Crippen LogP contribution >= 0.6 is 0 Å². The number of hydrogen-bond donors (Lipinski definition) is 0. The molecule has 2 unspecified atom stereocenters. The molecule has 156 valence electrons. The van der Waals surface area contributed by atoms with Crippen molar-refractivity contribution in [3.63, 3.8) is 0 Å². The highest BCUT2D eigenvalue weighted by molar-refractivity contribution is 6.53. The van der Waals surface area contributed by atoms with Crippen LogP contribution in [0.3, 0.4) is 0 Å². The van der Waals surface area contributed by atoms with E-state index in [4.69, 9.17) is 20.0 Å². The highest BCUT2D eigenvalue weighted by Gasteiger charge is 2.32. The molecule has 0 fully saturated rings. The molecule has 0 saturated heterocycles. The van der Waals surface area contributed by atoms with Gasteiger partial charge < -0.3 is 0 Å². The van der Waals surface area contributed by atoms with Crippen molar-refractivity contribution in [1.29, 1.82) is 0 Å². The molecule has 0 aliphatic carbocycles. The Morgan fingerprint density at radius 2 is 0.875 bits per heavy atom. The van der Waals surface area contributed by atoms with E-state index < -0.39 is 0 Å². The standard InChI is InChI=1S/C28H24N4/c1-19-11-9-17-23(29-19)27-28(24-18-10-12-20(2)30-24)32-26(22-15-7-4-8-16-22)25(31-27)21-13-5-3-6-14-21/h3-18,25-26H,1-2H3. The number of nitrogens with zero attached hydrogens (tertiary/aromatic N) is 4. The molecule has 0 amide bonds. The maximum Gasteiger partial charge on any atom is 0.111 e. The number of rotatable bonds is 4. The predicted molar refractivity (Wildman–Crippen MR) is 129 cm³/mol. The first-order chi connectivity index (χ1) is 15.7. The van der Waals surface area contributed by atoms with Gasteiger partial charge >= 0.3 is 0 Å². The molecule has 1 aliphatic rings. The molecule has 4 nitrogen and oxygen atoms in total. The fraction of sp³-hybridized carbons (Fsp3) is 0.143. The van der Waals surface area contributed by atoms with Crippen molar-refractivity contribution >= 4 is 11.4 Å². The zero-order valence-electron chi connectivity index (χ0n) is 18.2. The predicted octanol–water partition coefficient (Wildman–Crippen LogP) is 5.87. The Morgan fingerprint density at radius 1 is 0.469 bits per heavy atom. The average Bonchev–Trinajstić information content (AvgIpc) is 2.84. The van der Waals surface area contributed by atoms with E-state index in [9.17, 15) is 0 Å². The van der Waals surface area contributed by atoms with Crippen molar-refractivity contribution in [2.75, 3.05) is 0 Å². The average molecular weight is 417 g/mol. The molecule has 2 aromatic heterocycles. The van der Waals surface area contributed by atoms with Crippen LogP contribution in [0.15, 0.2) is 107 Å². The molecule has 5 rings (SSSR count). The first-order valence-electron chi connectivity index (χ1n) is 10.8. The molecular formula is C28H24N4. The lowest BCUT2D eigenvalue weighted by molar-refractivity contribution is 0.574. The number of pyridine rings is 2. The molecule has 32 heavy (non-hydrogen) atoms. The van der Waals surface area contributed by atoms with E-state index in [1.807, 2.05) is 62.4 Å². The van der Waals surface area contributed by atoms with Crippen LogP contribution < -0.4 is 0 Å². The number of benzene rings is 2. The summed E-state index contributed by atoms with van der Waals surface area (Å²) in [7, 11) is 0. The van der Waals surface area contributed by atoms with Gasteiger partial charge in [0.25, 0.3) is 0 Å². The van der Waals surface area contributed by atoms with Crippen molar-refractivity contribution in [1.82, 2.24) is 9.97 Å². The summed E-state index contributed by atoms with van der Waals surface area (Å²) in [6.45, 7) is 3.99. The van der Waals surface area contributed by atoms with Gasteiger partial charge in [-0.05, 0) is 49.2 Å². The zero-order chi connectivity index (χ0) is 21.9. The summed E-state index contributed by atoms with van der Waals surface area (Å²) in [5.41, 5.74) is 7.36. The SMILES string of the molecule is Cc1cccc(C2=NC(c3ccccc3)C(c3ccccc3)N=C2c2cccc(C)n2)n1. The molecular weight excluding hydrogens is 392 g/mol. The summed E-state index contributed by atoms with van der Waals surface area (Å²) in [5.74, 6) is 0. The second-order valence-electron chi connectivity index (χ2n) is 7.99. The van der Waals surface area contributed by atoms with Gasteiger partial charge in [-0.3, -0.25) is 20.0 Å². The Kier molecular flexibility index (Phi) is 5.42. The van der Waals surface area contributed by atoms with Gasteiger partial charge in [0.15, 0.2) is 0 Å². The number of aryl methyl sites for hydroxylation is 2. The van der Waals surface area contributed by atoms with Gasteiger partial charge in [-0.1, -0.05) is 72.8 Å². The lowest BCUT2D eigenvalue weighted by Gasteiger charge is -2.28.